The zero-order chi connectivity index (χ0) is 8.48. The molecule has 0 unspecified atom stereocenters. The van der Waals surface area contributed by atoms with E-state index in [2.05, 4.69) is 4.74 Å². The summed E-state index contributed by atoms with van der Waals surface area (Å²) in [4.78, 5) is 9.82. The molecule has 0 amide bonds. The molecule has 0 aromatic rings. The predicted octanol–water partition coefficient (Wildman–Crippen LogP) is 1.23. The van der Waals surface area contributed by atoms with Crippen LogP contribution in [0.1, 0.15) is 19.3 Å². The maximum Gasteiger partial charge on any atom is 0.456 e. The Balaban J connectivity index is 2.38. The van der Waals surface area contributed by atoms with Gasteiger partial charge in [0.05, 0.1) is 6.10 Å². The monoisotopic (exact) mass is 166 g/mol. The highest BCUT2D eigenvalue weighted by atomic mass is 19.3. The lowest BCUT2D eigenvalue weighted by atomic mass is 9.96. The van der Waals surface area contributed by atoms with Crippen molar-refractivity contribution < 1.29 is 23.4 Å². The van der Waals surface area contributed by atoms with Crippen molar-refractivity contribution in [2.45, 2.75) is 31.5 Å². The Bertz CT molecular complexity index is 165. The summed E-state index contributed by atoms with van der Waals surface area (Å²) in [7, 11) is 0. The number of alkyl halides is 2. The molecule has 0 spiro atoms. The van der Waals surface area contributed by atoms with Gasteiger partial charge in [0.25, 0.3) is 0 Å². The van der Waals surface area contributed by atoms with Gasteiger partial charge in [-0.15, -0.1) is 0 Å². The van der Waals surface area contributed by atoms with Crippen LogP contribution in [0.5, 0.6) is 0 Å². The highest BCUT2D eigenvalue weighted by Gasteiger charge is 2.44. The summed E-state index contributed by atoms with van der Waals surface area (Å²) in [6, 6.07) is 0. The third kappa shape index (κ3) is 1.86. The Morgan fingerprint density at radius 1 is 1.55 bits per heavy atom. The van der Waals surface area contributed by atoms with Crippen molar-refractivity contribution in [2.75, 3.05) is 0 Å². The molecular formula is C6H8F2O3. The van der Waals surface area contributed by atoms with Crippen LogP contribution in [0.4, 0.5) is 8.78 Å². The smallest absolute Gasteiger partial charge is 0.456 e. The second-order valence-electron chi connectivity index (χ2n) is 2.49. The van der Waals surface area contributed by atoms with Crippen molar-refractivity contribution >= 4 is 5.97 Å². The van der Waals surface area contributed by atoms with Gasteiger partial charge in [0.1, 0.15) is 0 Å². The lowest BCUT2D eigenvalue weighted by molar-refractivity contribution is -0.271. The number of rotatable bonds is 3. The van der Waals surface area contributed by atoms with Crippen LogP contribution in [0, 0.1) is 0 Å². The molecule has 0 atom stereocenters. The molecule has 1 aliphatic carbocycles. The number of carbonyl (C=O) groups is 1. The molecule has 0 saturated heterocycles. The first-order valence-corrected chi connectivity index (χ1v) is 3.31. The molecule has 0 radical (unpaired) electrons. The quantitative estimate of drug-likeness (QED) is 0.685. The van der Waals surface area contributed by atoms with Crippen molar-refractivity contribution in [3.05, 3.63) is 0 Å². The number of halogens is 2. The first-order valence-electron chi connectivity index (χ1n) is 3.31. The molecule has 0 aromatic heterocycles. The SMILES string of the molecule is O=C(O)C(F)(F)OC1CCC1. The minimum Gasteiger partial charge on any atom is -0.475 e. The molecule has 1 fully saturated rings. The molecule has 11 heavy (non-hydrogen) atoms. The number of hydrogen-bond donors (Lipinski definition) is 1. The maximum absolute atomic E-state index is 12.2. The molecule has 0 aromatic carbocycles. The van der Waals surface area contributed by atoms with Crippen molar-refractivity contribution in [1.82, 2.24) is 0 Å². The molecule has 1 saturated carbocycles. The molecule has 0 aliphatic heterocycles. The molecule has 1 rings (SSSR count). The van der Waals surface area contributed by atoms with E-state index in [1.165, 1.54) is 0 Å². The van der Waals surface area contributed by atoms with Gasteiger partial charge >= 0.3 is 12.1 Å². The minimum atomic E-state index is -4.01. The summed E-state index contributed by atoms with van der Waals surface area (Å²) < 4.78 is 28.4. The van der Waals surface area contributed by atoms with Crippen molar-refractivity contribution in [3.8, 4) is 0 Å². The molecule has 64 valence electrons. The fourth-order valence-corrected chi connectivity index (χ4v) is 0.748. The number of carboxylic acid groups (broad SMARTS) is 1. The van der Waals surface area contributed by atoms with Gasteiger partial charge in [0.2, 0.25) is 0 Å². The highest BCUT2D eigenvalue weighted by molar-refractivity contribution is 5.73. The fourth-order valence-electron chi connectivity index (χ4n) is 0.748. The van der Waals surface area contributed by atoms with Crippen molar-refractivity contribution in [1.29, 1.82) is 0 Å². The molecule has 1 N–H and O–H groups in total. The molecule has 0 bridgehead atoms. The number of hydrogen-bond acceptors (Lipinski definition) is 2. The highest BCUT2D eigenvalue weighted by Crippen LogP contribution is 2.28. The Morgan fingerprint density at radius 2 is 2.09 bits per heavy atom. The normalized spacial score (nSPS) is 19.5. The average Bonchev–Trinajstić information content (AvgIpc) is 1.79. The van der Waals surface area contributed by atoms with E-state index in [1.54, 1.807) is 0 Å². The van der Waals surface area contributed by atoms with E-state index >= 15 is 0 Å². The zero-order valence-electron chi connectivity index (χ0n) is 5.72. The molecule has 3 nitrogen and oxygen atoms in total. The van der Waals surface area contributed by atoms with Gasteiger partial charge in [-0.05, 0) is 19.3 Å². The van der Waals surface area contributed by atoms with Crippen LogP contribution in [-0.2, 0) is 9.53 Å². The standard InChI is InChI=1S/C6H8F2O3/c7-6(8,5(9)10)11-4-2-1-3-4/h4H,1-3H2,(H,9,10). The molecular weight excluding hydrogens is 158 g/mol. The lowest BCUT2D eigenvalue weighted by Gasteiger charge is -2.27. The number of aliphatic carboxylic acids is 1. The summed E-state index contributed by atoms with van der Waals surface area (Å²) in [5, 5.41) is 7.93. The minimum absolute atomic E-state index is 0.531. The molecule has 0 heterocycles. The predicted molar refractivity (Wildman–Crippen MR) is 31.3 cm³/mol. The van der Waals surface area contributed by atoms with Crippen LogP contribution >= 0.6 is 0 Å². The average molecular weight is 166 g/mol. The molecule has 5 heteroatoms. The Hall–Kier alpha value is -0.710. The third-order valence-electron chi connectivity index (χ3n) is 1.62. The van der Waals surface area contributed by atoms with Gasteiger partial charge in [0.15, 0.2) is 0 Å². The topological polar surface area (TPSA) is 46.5 Å². The second kappa shape index (κ2) is 2.73. The summed E-state index contributed by atoms with van der Waals surface area (Å²) >= 11 is 0. The van der Waals surface area contributed by atoms with E-state index in [4.69, 9.17) is 5.11 Å². The first kappa shape index (κ1) is 8.39. The van der Waals surface area contributed by atoms with Crippen LogP contribution in [-0.4, -0.2) is 23.3 Å². The van der Waals surface area contributed by atoms with Crippen LogP contribution in [0.25, 0.3) is 0 Å². The van der Waals surface area contributed by atoms with Gasteiger partial charge in [0, 0.05) is 0 Å². The van der Waals surface area contributed by atoms with Gasteiger partial charge in [-0.3, -0.25) is 0 Å². The van der Waals surface area contributed by atoms with E-state index in [1.807, 2.05) is 0 Å². The summed E-state index contributed by atoms with van der Waals surface area (Å²) in [5.74, 6) is -2.22. The first-order chi connectivity index (χ1) is 5.02. The van der Waals surface area contributed by atoms with Crippen LogP contribution < -0.4 is 0 Å². The summed E-state index contributed by atoms with van der Waals surface area (Å²) in [6.45, 7) is 0. The number of carboxylic acids is 1. The summed E-state index contributed by atoms with van der Waals surface area (Å²) in [5.41, 5.74) is 0. The largest absolute Gasteiger partial charge is 0.475 e. The van der Waals surface area contributed by atoms with Crippen molar-refractivity contribution in [3.63, 3.8) is 0 Å². The Kier molecular flexibility index (Phi) is 2.08. The van der Waals surface area contributed by atoms with Crippen LogP contribution in [0.3, 0.4) is 0 Å². The third-order valence-corrected chi connectivity index (χ3v) is 1.62. The van der Waals surface area contributed by atoms with E-state index in [-0.39, 0.29) is 0 Å². The Morgan fingerprint density at radius 3 is 2.36 bits per heavy atom. The molecule has 1 aliphatic rings. The van der Waals surface area contributed by atoms with Gasteiger partial charge in [-0.2, -0.15) is 8.78 Å². The Labute approximate surface area is 62.0 Å². The van der Waals surface area contributed by atoms with E-state index < -0.39 is 18.2 Å². The fraction of sp³-hybridized carbons (Fsp3) is 0.833. The van der Waals surface area contributed by atoms with Crippen LogP contribution in [0.2, 0.25) is 0 Å². The van der Waals surface area contributed by atoms with Gasteiger partial charge < -0.3 is 9.84 Å². The van der Waals surface area contributed by atoms with Gasteiger partial charge in [-0.1, -0.05) is 0 Å². The maximum atomic E-state index is 12.2. The van der Waals surface area contributed by atoms with E-state index in [9.17, 15) is 13.6 Å². The van der Waals surface area contributed by atoms with Crippen molar-refractivity contribution in [2.24, 2.45) is 0 Å². The zero-order valence-corrected chi connectivity index (χ0v) is 5.72. The number of ether oxygens (including phenoxy) is 1. The summed E-state index contributed by atoms with van der Waals surface area (Å²) in [6.07, 6.45) is -2.68. The second-order valence-corrected chi connectivity index (χ2v) is 2.49. The lowest BCUT2D eigenvalue weighted by Crippen LogP contribution is -2.38. The van der Waals surface area contributed by atoms with E-state index in [0.717, 1.165) is 6.42 Å². The van der Waals surface area contributed by atoms with E-state index in [0.29, 0.717) is 12.8 Å². The van der Waals surface area contributed by atoms with Gasteiger partial charge in [-0.25, -0.2) is 4.79 Å². The van der Waals surface area contributed by atoms with Crippen LogP contribution in [0.15, 0.2) is 0 Å².